The second kappa shape index (κ2) is 19.2. The van der Waals surface area contributed by atoms with Gasteiger partial charge in [0.2, 0.25) is 11.7 Å². The number of amides is 1. The van der Waals surface area contributed by atoms with Crippen molar-refractivity contribution in [3.63, 3.8) is 0 Å². The van der Waals surface area contributed by atoms with Crippen LogP contribution in [-0.2, 0) is 52.7 Å². The molecule has 0 unspecified atom stereocenters. The first-order chi connectivity index (χ1) is 28.4. The maximum Gasteiger partial charge on any atom is 0.345 e. The molecule has 0 radical (unpaired) electrons. The smallest absolute Gasteiger partial charge is 0.345 e. The lowest BCUT2D eigenvalue weighted by Crippen LogP contribution is -2.56. The summed E-state index contributed by atoms with van der Waals surface area (Å²) in [6, 6.07) is 3.17. The molecule has 1 fully saturated rings. The number of hydrogen-bond acceptors (Lipinski definition) is 18. The van der Waals surface area contributed by atoms with E-state index in [1.165, 1.54) is 32.2 Å². The molecule has 1 saturated heterocycles. The van der Waals surface area contributed by atoms with Gasteiger partial charge in [-0.3, -0.25) is 28.3 Å². The number of aromatic hydroxyl groups is 2. The zero-order chi connectivity index (χ0) is 44.3. The van der Waals surface area contributed by atoms with Gasteiger partial charge < -0.3 is 63.2 Å². The van der Waals surface area contributed by atoms with Crippen molar-refractivity contribution in [1.82, 2.24) is 5.32 Å². The molecule has 332 valence electrons. The van der Waals surface area contributed by atoms with Crippen molar-refractivity contribution in [3.8, 4) is 17.2 Å². The van der Waals surface area contributed by atoms with Crippen molar-refractivity contribution in [2.24, 2.45) is 0 Å². The Bertz CT molecular complexity index is 2030. The molecule has 2 aromatic rings. The summed E-state index contributed by atoms with van der Waals surface area (Å²) in [6.07, 6.45) is -7.57. The summed E-state index contributed by atoms with van der Waals surface area (Å²) < 4.78 is 67.4. The highest BCUT2D eigenvalue weighted by Gasteiger charge is 2.52. The summed E-state index contributed by atoms with van der Waals surface area (Å²) in [5, 5.41) is 57.2. The molecule has 6 N–H and O–H groups in total. The third-order valence-electron chi connectivity index (χ3n) is 10.7. The third kappa shape index (κ3) is 8.99. The lowest BCUT2D eigenvalue weighted by Gasteiger charge is -2.43. The maximum atomic E-state index is 14.0. The summed E-state index contributed by atoms with van der Waals surface area (Å²) in [7, 11) is -7.07. The van der Waals surface area contributed by atoms with Gasteiger partial charge in [-0.05, 0) is 47.1 Å². The Morgan fingerprint density at radius 2 is 1.52 bits per heavy atom. The minimum atomic E-state index is -4.18. The van der Waals surface area contributed by atoms with Crippen LogP contribution in [0.2, 0.25) is 0 Å². The fourth-order valence-corrected chi connectivity index (χ4v) is 13.4. The SMILES string of the molecule is CCOP(=O)(OCC)C(CCC(=O)N[C@H]1C[C@H](O[C@H]2C[C@](O)(C(=O)CO)Cc3c(O)c4c(c(O)c32)C(=O)c2c(OC)cccc2C4=O)O[C@@H](C)[C@H]1O)P(=O)(OCC)OCC. The maximum absolute atomic E-state index is 14.0. The Kier molecular flexibility index (Phi) is 15.2. The number of aliphatic hydroxyl groups excluding tert-OH is 2. The quantitative estimate of drug-likeness (QED) is 0.0737. The Balaban J connectivity index is 1.46. The average molecular weight is 886 g/mol. The standard InChI is InChI=1S/C39H53NO18P2/c1-7-53-59(50,54-8-2)29(60(51,55-9-3)56-10-4)15-14-27(43)40-23-16-28(57-20(5)34(23)44)58-25-18-39(49,26(42)19-41)17-22-31(25)38(48)33-32(36(22)46)35(45)21-12-11-13-24(52-6)30(21)37(33)47/h11-13,20,23,25,28-29,34,41,44,46,48-49H,7-10,14-19H2,1-6H3,(H,40,43)/t20-,23-,25-,28-,34+,39-/m0/s1. The molecule has 5 rings (SSSR count). The van der Waals surface area contributed by atoms with E-state index in [9.17, 15) is 53.8 Å². The first kappa shape index (κ1) is 47.5. The Morgan fingerprint density at radius 3 is 2.07 bits per heavy atom. The first-order valence-corrected chi connectivity index (χ1v) is 22.9. The molecule has 2 aliphatic carbocycles. The van der Waals surface area contributed by atoms with Crippen LogP contribution in [-0.4, -0.2) is 124 Å². The number of benzene rings is 2. The van der Waals surface area contributed by atoms with Gasteiger partial charge >= 0.3 is 15.2 Å². The zero-order valence-electron chi connectivity index (χ0n) is 34.2. The van der Waals surface area contributed by atoms with Gasteiger partial charge in [0.25, 0.3) is 0 Å². The molecule has 1 amide bonds. The lowest BCUT2D eigenvalue weighted by atomic mass is 9.72. The highest BCUT2D eigenvalue weighted by Crippen LogP contribution is 2.71. The van der Waals surface area contributed by atoms with Crippen LogP contribution in [0.15, 0.2) is 18.2 Å². The first-order valence-electron chi connectivity index (χ1n) is 19.7. The molecule has 6 atom stereocenters. The van der Waals surface area contributed by atoms with Crippen molar-refractivity contribution in [3.05, 3.63) is 51.6 Å². The van der Waals surface area contributed by atoms with Crippen LogP contribution in [0.3, 0.4) is 0 Å². The highest BCUT2D eigenvalue weighted by molar-refractivity contribution is 7.72. The molecular formula is C39H53NO18P2. The van der Waals surface area contributed by atoms with Crippen LogP contribution in [0.4, 0.5) is 0 Å². The number of ketones is 3. The minimum absolute atomic E-state index is 0.0331. The topological polar surface area (TPSA) is 280 Å². The molecule has 1 aliphatic heterocycles. The Morgan fingerprint density at radius 1 is 0.933 bits per heavy atom. The van der Waals surface area contributed by atoms with E-state index in [1.54, 1.807) is 27.7 Å². The van der Waals surface area contributed by atoms with Crippen LogP contribution in [0.25, 0.3) is 0 Å². The van der Waals surface area contributed by atoms with Gasteiger partial charge in [0.15, 0.2) is 23.3 Å². The van der Waals surface area contributed by atoms with Gasteiger partial charge in [-0.15, -0.1) is 0 Å². The number of phenols is 2. The van der Waals surface area contributed by atoms with Gasteiger partial charge in [0.1, 0.15) is 35.6 Å². The van der Waals surface area contributed by atoms with Gasteiger partial charge in [-0.25, -0.2) is 0 Å². The molecule has 0 aromatic heterocycles. The minimum Gasteiger partial charge on any atom is -0.507 e. The zero-order valence-corrected chi connectivity index (χ0v) is 36.0. The van der Waals surface area contributed by atoms with Crippen molar-refractivity contribution in [2.75, 3.05) is 40.1 Å². The molecule has 21 heteroatoms. The van der Waals surface area contributed by atoms with E-state index in [2.05, 4.69) is 5.32 Å². The van der Waals surface area contributed by atoms with E-state index < -0.39 is 129 Å². The summed E-state index contributed by atoms with van der Waals surface area (Å²) in [5.41, 5.74) is -4.34. The number of methoxy groups -OCH3 is 1. The number of nitrogens with one attached hydrogen (secondary N) is 1. The fourth-order valence-electron chi connectivity index (χ4n) is 8.03. The molecule has 1 heterocycles. The number of carbonyl (C=O) groups excluding carboxylic acids is 4. The summed E-state index contributed by atoms with van der Waals surface area (Å²) in [6.45, 7) is 6.36. The Hall–Kier alpha value is -3.58. The van der Waals surface area contributed by atoms with Gasteiger partial charge in [0, 0.05) is 42.4 Å². The molecule has 3 aliphatic rings. The molecule has 0 spiro atoms. The molecule has 0 saturated carbocycles. The third-order valence-corrected chi connectivity index (χ3v) is 16.8. The summed E-state index contributed by atoms with van der Waals surface area (Å²) in [5.74, 6) is -4.98. The lowest BCUT2D eigenvalue weighted by molar-refractivity contribution is -0.249. The van der Waals surface area contributed by atoms with E-state index in [0.29, 0.717) is 0 Å². The van der Waals surface area contributed by atoms with Crippen molar-refractivity contribution in [2.45, 2.75) is 108 Å². The average Bonchev–Trinajstić information content (AvgIpc) is 3.19. The molecule has 2 aromatic carbocycles. The van der Waals surface area contributed by atoms with E-state index in [0.717, 1.165) is 0 Å². The number of Topliss-reactive ketones (excluding diaryl/α,β-unsaturated/α-hetero) is 1. The number of aliphatic hydroxyl groups is 3. The van der Waals surface area contributed by atoms with Crippen LogP contribution in [0.5, 0.6) is 17.2 Å². The van der Waals surface area contributed by atoms with Crippen molar-refractivity contribution >= 4 is 38.4 Å². The summed E-state index contributed by atoms with van der Waals surface area (Å²) in [4.78, 5) is 54.4. The number of carbonyl (C=O) groups is 4. The van der Waals surface area contributed by atoms with Gasteiger partial charge in [0.05, 0.1) is 68.5 Å². The van der Waals surface area contributed by atoms with Gasteiger partial charge in [-0.2, -0.15) is 0 Å². The van der Waals surface area contributed by atoms with Crippen LogP contribution in [0.1, 0.15) is 109 Å². The van der Waals surface area contributed by atoms with E-state index in [4.69, 9.17) is 32.3 Å². The van der Waals surface area contributed by atoms with E-state index in [1.807, 2.05) is 0 Å². The number of rotatable bonds is 19. The predicted molar refractivity (Wildman–Crippen MR) is 210 cm³/mol. The monoisotopic (exact) mass is 885 g/mol. The van der Waals surface area contributed by atoms with Crippen LogP contribution in [0, 0.1) is 0 Å². The van der Waals surface area contributed by atoms with E-state index >= 15 is 0 Å². The number of ether oxygens (including phenoxy) is 3. The predicted octanol–water partition coefficient (Wildman–Crippen LogP) is 3.80. The van der Waals surface area contributed by atoms with E-state index in [-0.39, 0.29) is 67.3 Å². The van der Waals surface area contributed by atoms with Crippen molar-refractivity contribution < 1.29 is 86.1 Å². The highest BCUT2D eigenvalue weighted by atomic mass is 31.2. The molecule has 0 bridgehead atoms. The van der Waals surface area contributed by atoms with Crippen LogP contribution >= 0.6 is 15.2 Å². The molecule has 60 heavy (non-hydrogen) atoms. The molecular weight excluding hydrogens is 832 g/mol. The number of fused-ring (bicyclic) bond motifs is 3. The van der Waals surface area contributed by atoms with Gasteiger partial charge in [-0.1, -0.05) is 12.1 Å². The fraction of sp³-hybridized carbons (Fsp3) is 0.590. The molecule has 19 nitrogen and oxygen atoms in total. The number of phenolic OH excluding ortho intramolecular Hbond substituents is 2. The second-order valence-electron chi connectivity index (χ2n) is 14.4. The normalized spacial score (nSPS) is 24.1. The second-order valence-corrected chi connectivity index (χ2v) is 19.3. The van der Waals surface area contributed by atoms with Crippen molar-refractivity contribution in [1.29, 1.82) is 0 Å². The Labute approximate surface area is 346 Å². The number of hydrogen-bond donors (Lipinski definition) is 6. The van der Waals surface area contributed by atoms with Crippen LogP contribution < -0.4 is 10.1 Å². The summed E-state index contributed by atoms with van der Waals surface area (Å²) >= 11 is 0. The largest absolute Gasteiger partial charge is 0.507 e.